The third-order valence-corrected chi connectivity index (χ3v) is 6.37. The molecule has 2 aromatic heterocycles. The molecule has 1 fully saturated rings. The fraction of sp³-hybridized carbons (Fsp3) is 0.240. The summed E-state index contributed by atoms with van der Waals surface area (Å²) in [6.45, 7) is 4.50. The van der Waals surface area contributed by atoms with Crippen LogP contribution in [0.5, 0.6) is 0 Å². The number of carbonyl (C=O) groups is 2. The Morgan fingerprint density at radius 3 is 2.48 bits per heavy atom. The van der Waals surface area contributed by atoms with E-state index in [0.717, 1.165) is 33.9 Å². The van der Waals surface area contributed by atoms with Gasteiger partial charge in [0.05, 0.1) is 11.0 Å². The van der Waals surface area contributed by atoms with E-state index in [1.807, 2.05) is 66.9 Å². The highest BCUT2D eigenvalue weighted by molar-refractivity contribution is 6.30. The Balaban J connectivity index is 1.45. The Hall–Kier alpha value is -3.58. The number of aryl methyl sites for hydroxylation is 2. The molecule has 1 unspecified atom stereocenters. The number of para-hydroxylation sites is 2. The molecular formula is C25H24ClN5O2. The van der Waals surface area contributed by atoms with Crippen LogP contribution in [0.15, 0.2) is 60.7 Å². The Kier molecular flexibility index (Phi) is 5.42. The minimum absolute atomic E-state index is 0.0315. The number of carbonyl (C=O) groups excluding carboxylic acids is 2. The summed E-state index contributed by atoms with van der Waals surface area (Å²) in [6, 6.07) is 18.9. The molecule has 2 aromatic carbocycles. The van der Waals surface area contributed by atoms with Gasteiger partial charge in [0.25, 0.3) is 5.91 Å². The van der Waals surface area contributed by atoms with E-state index in [1.165, 1.54) is 0 Å². The third-order valence-electron chi connectivity index (χ3n) is 6.12. The molecule has 1 atom stereocenters. The SMILES string of the molecule is Cc1ccc(C)n1NC(=O)Cn1c(C2CC(=O)N(c3ccc(Cl)cc3)C2)nc2ccccc21. The molecule has 4 aromatic rings. The molecule has 0 radical (unpaired) electrons. The minimum Gasteiger partial charge on any atom is -0.318 e. The van der Waals surface area contributed by atoms with Crippen molar-refractivity contribution in [2.24, 2.45) is 0 Å². The first-order chi connectivity index (χ1) is 15.9. The lowest BCUT2D eigenvalue weighted by molar-refractivity contribution is -0.118. The molecule has 168 valence electrons. The number of hydrogen-bond acceptors (Lipinski definition) is 3. The fourth-order valence-electron chi connectivity index (χ4n) is 4.47. The Bertz CT molecular complexity index is 1340. The van der Waals surface area contributed by atoms with E-state index in [4.69, 9.17) is 16.6 Å². The molecule has 0 bridgehead atoms. The van der Waals surface area contributed by atoms with Gasteiger partial charge in [-0.2, -0.15) is 0 Å². The van der Waals surface area contributed by atoms with Gasteiger partial charge in [-0.1, -0.05) is 23.7 Å². The van der Waals surface area contributed by atoms with E-state index in [2.05, 4.69) is 5.43 Å². The number of aromatic nitrogens is 3. The van der Waals surface area contributed by atoms with Gasteiger partial charge in [0.2, 0.25) is 5.91 Å². The van der Waals surface area contributed by atoms with Crippen LogP contribution in [0, 0.1) is 13.8 Å². The predicted octanol–water partition coefficient (Wildman–Crippen LogP) is 4.40. The van der Waals surface area contributed by atoms with Gasteiger partial charge in [-0.05, 0) is 62.4 Å². The number of imidazole rings is 1. The van der Waals surface area contributed by atoms with Crippen LogP contribution in [-0.4, -0.2) is 32.6 Å². The van der Waals surface area contributed by atoms with E-state index in [-0.39, 0.29) is 24.3 Å². The quantitative estimate of drug-likeness (QED) is 0.479. The topological polar surface area (TPSA) is 72.2 Å². The van der Waals surface area contributed by atoms with Crippen LogP contribution in [-0.2, 0) is 16.1 Å². The van der Waals surface area contributed by atoms with Crippen molar-refractivity contribution in [2.75, 3.05) is 16.9 Å². The lowest BCUT2D eigenvalue weighted by atomic mass is 10.1. The highest BCUT2D eigenvalue weighted by Gasteiger charge is 2.35. The molecule has 33 heavy (non-hydrogen) atoms. The predicted molar refractivity (Wildman–Crippen MR) is 129 cm³/mol. The molecule has 0 aliphatic carbocycles. The van der Waals surface area contributed by atoms with Gasteiger partial charge in [-0.25, -0.2) is 4.98 Å². The summed E-state index contributed by atoms with van der Waals surface area (Å²) in [5.41, 5.74) is 7.38. The van der Waals surface area contributed by atoms with Crippen LogP contribution in [0.2, 0.25) is 5.02 Å². The first-order valence-electron chi connectivity index (χ1n) is 10.9. The third kappa shape index (κ3) is 4.00. The van der Waals surface area contributed by atoms with Crippen LogP contribution >= 0.6 is 11.6 Å². The number of halogens is 1. The molecular weight excluding hydrogens is 438 g/mol. The van der Waals surface area contributed by atoms with Gasteiger partial charge in [-0.3, -0.25) is 19.7 Å². The van der Waals surface area contributed by atoms with Gasteiger partial charge < -0.3 is 9.47 Å². The normalized spacial score (nSPS) is 16.0. The minimum atomic E-state index is -0.152. The molecule has 5 rings (SSSR count). The van der Waals surface area contributed by atoms with E-state index in [9.17, 15) is 9.59 Å². The number of nitrogens with zero attached hydrogens (tertiary/aromatic N) is 4. The van der Waals surface area contributed by atoms with Crippen molar-refractivity contribution >= 4 is 40.1 Å². The van der Waals surface area contributed by atoms with E-state index >= 15 is 0 Å². The summed E-state index contributed by atoms with van der Waals surface area (Å²) in [7, 11) is 0. The van der Waals surface area contributed by atoms with Crippen LogP contribution in [0.4, 0.5) is 5.69 Å². The van der Waals surface area contributed by atoms with E-state index in [0.29, 0.717) is 18.0 Å². The van der Waals surface area contributed by atoms with Gasteiger partial charge >= 0.3 is 0 Å². The lowest BCUT2D eigenvalue weighted by Crippen LogP contribution is -2.29. The molecule has 0 spiro atoms. The highest BCUT2D eigenvalue weighted by Crippen LogP contribution is 2.33. The van der Waals surface area contributed by atoms with Gasteiger partial charge in [0, 0.05) is 41.0 Å². The number of hydrogen-bond donors (Lipinski definition) is 1. The maximum atomic E-state index is 13.0. The summed E-state index contributed by atoms with van der Waals surface area (Å²) in [4.78, 5) is 32.5. The zero-order valence-electron chi connectivity index (χ0n) is 18.5. The summed E-state index contributed by atoms with van der Waals surface area (Å²) in [6.07, 6.45) is 0.337. The average Bonchev–Trinajstić information content (AvgIpc) is 3.46. The smallest absolute Gasteiger partial charge is 0.258 e. The molecule has 1 N–H and O–H groups in total. The Morgan fingerprint density at radius 2 is 1.76 bits per heavy atom. The maximum Gasteiger partial charge on any atom is 0.258 e. The summed E-state index contributed by atoms with van der Waals surface area (Å²) in [5, 5.41) is 0.628. The van der Waals surface area contributed by atoms with Crippen molar-refractivity contribution in [1.82, 2.24) is 14.2 Å². The first-order valence-corrected chi connectivity index (χ1v) is 11.2. The lowest BCUT2D eigenvalue weighted by Gasteiger charge is -2.18. The van der Waals surface area contributed by atoms with Crippen LogP contribution < -0.4 is 10.3 Å². The monoisotopic (exact) mass is 461 g/mol. The van der Waals surface area contributed by atoms with E-state index in [1.54, 1.807) is 21.7 Å². The zero-order chi connectivity index (χ0) is 23.1. The fourth-order valence-corrected chi connectivity index (χ4v) is 4.60. The average molecular weight is 462 g/mol. The maximum absolute atomic E-state index is 13.0. The highest BCUT2D eigenvalue weighted by atomic mass is 35.5. The van der Waals surface area contributed by atoms with E-state index < -0.39 is 0 Å². The Morgan fingerprint density at radius 1 is 1.06 bits per heavy atom. The second kappa shape index (κ2) is 8.41. The number of benzene rings is 2. The molecule has 0 saturated carbocycles. The second-order valence-electron chi connectivity index (χ2n) is 8.41. The van der Waals surface area contributed by atoms with Crippen molar-refractivity contribution in [3.63, 3.8) is 0 Å². The molecule has 1 aliphatic rings. The molecule has 3 heterocycles. The Labute approximate surface area is 196 Å². The van der Waals surface area contributed by atoms with Crippen LogP contribution in [0.1, 0.15) is 29.6 Å². The van der Waals surface area contributed by atoms with Gasteiger partial charge in [-0.15, -0.1) is 0 Å². The van der Waals surface area contributed by atoms with Gasteiger partial charge in [0.1, 0.15) is 12.4 Å². The summed E-state index contributed by atoms with van der Waals surface area (Å²) >= 11 is 6.01. The van der Waals surface area contributed by atoms with Crippen molar-refractivity contribution < 1.29 is 9.59 Å². The number of rotatable bonds is 5. The molecule has 2 amide bonds. The van der Waals surface area contributed by atoms with Crippen molar-refractivity contribution in [3.8, 4) is 0 Å². The van der Waals surface area contributed by atoms with Crippen LogP contribution in [0.25, 0.3) is 11.0 Å². The summed E-state index contributed by atoms with van der Waals surface area (Å²) < 4.78 is 3.71. The molecule has 7 nitrogen and oxygen atoms in total. The van der Waals surface area contributed by atoms with Gasteiger partial charge in [0.15, 0.2) is 0 Å². The largest absolute Gasteiger partial charge is 0.318 e. The molecule has 1 saturated heterocycles. The first kappa shape index (κ1) is 21.3. The second-order valence-corrected chi connectivity index (χ2v) is 8.85. The van der Waals surface area contributed by atoms with Crippen molar-refractivity contribution in [3.05, 3.63) is 82.9 Å². The number of amides is 2. The standard InChI is InChI=1S/C25H24ClN5O2/c1-16-7-8-17(2)31(16)28-23(32)15-30-22-6-4-3-5-21(22)27-25(30)18-13-24(33)29(14-18)20-11-9-19(26)10-12-20/h3-12,18H,13-15H2,1-2H3,(H,28,32). The molecule has 1 aliphatic heterocycles. The van der Waals surface area contributed by atoms with Crippen molar-refractivity contribution in [2.45, 2.75) is 32.7 Å². The van der Waals surface area contributed by atoms with Crippen molar-refractivity contribution in [1.29, 1.82) is 0 Å². The number of anilines is 1. The molecule has 8 heteroatoms. The summed E-state index contributed by atoms with van der Waals surface area (Å²) in [5.74, 6) is 0.505. The zero-order valence-corrected chi connectivity index (χ0v) is 19.2. The number of nitrogens with one attached hydrogen (secondary N) is 1. The van der Waals surface area contributed by atoms with Crippen LogP contribution in [0.3, 0.4) is 0 Å². The number of fused-ring (bicyclic) bond motifs is 1.